The molecule has 1 aromatic carbocycles. The molecule has 0 saturated heterocycles. The van der Waals surface area contributed by atoms with Crippen LogP contribution in [0.5, 0.6) is 0 Å². The molecule has 4 heteroatoms. The molecule has 1 N–H and O–H groups in total. The minimum Gasteiger partial charge on any atom is -0.440 e. The zero-order chi connectivity index (χ0) is 14.2. The summed E-state index contributed by atoms with van der Waals surface area (Å²) in [6.07, 6.45) is 4.54. The third-order valence-electron chi connectivity index (χ3n) is 4.07. The van der Waals surface area contributed by atoms with Crippen molar-refractivity contribution in [2.24, 2.45) is 0 Å². The van der Waals surface area contributed by atoms with Crippen LogP contribution < -0.4 is 5.32 Å². The van der Waals surface area contributed by atoms with E-state index < -0.39 is 0 Å². The van der Waals surface area contributed by atoms with Crippen molar-refractivity contribution in [2.75, 3.05) is 5.32 Å². The van der Waals surface area contributed by atoms with Gasteiger partial charge in [0, 0.05) is 30.0 Å². The highest BCUT2D eigenvalue weighted by Crippen LogP contribution is 2.40. The number of nitrogens with one attached hydrogen (secondary N) is 1. The first-order valence-corrected chi connectivity index (χ1v) is 7.62. The smallest absolute Gasteiger partial charge is 0.198 e. The van der Waals surface area contributed by atoms with Crippen LogP contribution in [0, 0.1) is 0 Å². The highest BCUT2D eigenvalue weighted by Gasteiger charge is 2.28. The molecule has 0 aliphatic heterocycles. The predicted octanol–water partition coefficient (Wildman–Crippen LogP) is 4.14. The number of hydrogen-bond donors (Lipinski definition) is 1. The van der Waals surface area contributed by atoms with Gasteiger partial charge in [-0.3, -0.25) is 0 Å². The Morgan fingerprint density at radius 1 is 1.33 bits per heavy atom. The van der Waals surface area contributed by atoms with E-state index in [4.69, 9.17) is 4.42 Å². The fraction of sp³-hybridized carbons (Fsp3) is 0.353. The Morgan fingerprint density at radius 3 is 3.05 bits per heavy atom. The van der Waals surface area contributed by atoms with Gasteiger partial charge in [-0.1, -0.05) is 0 Å². The Bertz CT molecular complexity index is 767. The van der Waals surface area contributed by atoms with Gasteiger partial charge in [-0.25, -0.2) is 4.98 Å². The molecule has 2 heterocycles. The van der Waals surface area contributed by atoms with E-state index >= 15 is 0 Å². The monoisotopic (exact) mass is 281 g/mol. The van der Waals surface area contributed by atoms with E-state index in [1.807, 2.05) is 6.07 Å². The lowest BCUT2D eigenvalue weighted by Crippen LogP contribution is -2.05. The summed E-state index contributed by atoms with van der Waals surface area (Å²) < 4.78 is 8.03. The van der Waals surface area contributed by atoms with Crippen LogP contribution in [0.2, 0.25) is 0 Å². The summed E-state index contributed by atoms with van der Waals surface area (Å²) in [4.78, 5) is 4.60. The summed E-state index contributed by atoms with van der Waals surface area (Å²) in [5.74, 6) is 1.46. The van der Waals surface area contributed by atoms with Crippen LogP contribution in [0.4, 0.5) is 5.69 Å². The maximum absolute atomic E-state index is 5.79. The standard InChI is InChI=1S/C17H19N3O/c1-2-20-9-3-4-14(20)11-18-13-7-8-16-15(10-13)19-17(21-16)12-5-6-12/h3-4,7-10,12,18H,2,5-6,11H2,1H3. The molecule has 1 fully saturated rings. The maximum Gasteiger partial charge on any atom is 0.198 e. The van der Waals surface area contributed by atoms with Crippen LogP contribution in [-0.2, 0) is 13.1 Å². The first-order chi connectivity index (χ1) is 10.3. The summed E-state index contributed by atoms with van der Waals surface area (Å²) in [7, 11) is 0. The molecule has 0 unspecified atom stereocenters. The summed E-state index contributed by atoms with van der Waals surface area (Å²) in [5, 5.41) is 3.47. The number of anilines is 1. The molecule has 108 valence electrons. The molecule has 0 radical (unpaired) electrons. The van der Waals surface area contributed by atoms with Crippen LogP contribution in [0.3, 0.4) is 0 Å². The number of rotatable bonds is 5. The molecule has 2 aromatic heterocycles. The Morgan fingerprint density at radius 2 is 2.24 bits per heavy atom. The summed E-state index contributed by atoms with van der Waals surface area (Å²) in [6.45, 7) is 3.97. The minimum absolute atomic E-state index is 0.557. The number of oxazole rings is 1. The van der Waals surface area contributed by atoms with Crippen molar-refractivity contribution in [3.63, 3.8) is 0 Å². The van der Waals surface area contributed by atoms with Crippen LogP contribution in [0.25, 0.3) is 11.1 Å². The molecule has 3 aromatic rings. The van der Waals surface area contributed by atoms with Crippen LogP contribution in [0.1, 0.15) is 37.3 Å². The van der Waals surface area contributed by atoms with Gasteiger partial charge in [0.2, 0.25) is 0 Å². The first kappa shape index (κ1) is 12.5. The number of nitrogens with zero attached hydrogens (tertiary/aromatic N) is 2. The quantitative estimate of drug-likeness (QED) is 0.764. The van der Waals surface area contributed by atoms with Gasteiger partial charge in [-0.15, -0.1) is 0 Å². The van der Waals surface area contributed by atoms with Gasteiger partial charge in [0.1, 0.15) is 5.52 Å². The zero-order valence-corrected chi connectivity index (χ0v) is 12.2. The zero-order valence-electron chi connectivity index (χ0n) is 12.2. The van der Waals surface area contributed by atoms with Crippen molar-refractivity contribution in [1.29, 1.82) is 0 Å². The van der Waals surface area contributed by atoms with E-state index in [1.165, 1.54) is 18.5 Å². The van der Waals surface area contributed by atoms with Crippen LogP contribution in [-0.4, -0.2) is 9.55 Å². The second-order valence-electron chi connectivity index (χ2n) is 5.65. The van der Waals surface area contributed by atoms with Crippen molar-refractivity contribution in [1.82, 2.24) is 9.55 Å². The van der Waals surface area contributed by atoms with E-state index in [-0.39, 0.29) is 0 Å². The molecular weight excluding hydrogens is 262 g/mol. The highest BCUT2D eigenvalue weighted by atomic mass is 16.3. The SMILES string of the molecule is CCn1cccc1CNc1ccc2oc(C3CC3)nc2c1. The van der Waals surface area contributed by atoms with Crippen molar-refractivity contribution in [2.45, 2.75) is 38.8 Å². The van der Waals surface area contributed by atoms with Crippen LogP contribution >= 0.6 is 0 Å². The molecule has 0 atom stereocenters. The van der Waals surface area contributed by atoms with Gasteiger partial charge in [0.25, 0.3) is 0 Å². The van der Waals surface area contributed by atoms with E-state index in [0.717, 1.165) is 35.8 Å². The predicted molar refractivity (Wildman–Crippen MR) is 83.4 cm³/mol. The number of hydrogen-bond acceptors (Lipinski definition) is 3. The van der Waals surface area contributed by atoms with Gasteiger partial charge in [0.05, 0.1) is 6.54 Å². The first-order valence-electron chi connectivity index (χ1n) is 7.62. The third kappa shape index (κ3) is 2.42. The molecule has 0 amide bonds. The highest BCUT2D eigenvalue weighted by molar-refractivity contribution is 5.77. The van der Waals surface area contributed by atoms with Crippen molar-refractivity contribution < 1.29 is 4.42 Å². The average molecular weight is 281 g/mol. The molecular formula is C17H19N3O. The van der Waals surface area contributed by atoms with Gasteiger partial charge in [-0.05, 0) is 50.1 Å². The fourth-order valence-corrected chi connectivity index (χ4v) is 2.67. The molecule has 21 heavy (non-hydrogen) atoms. The number of aryl methyl sites for hydroxylation is 1. The van der Waals surface area contributed by atoms with E-state index in [0.29, 0.717) is 5.92 Å². The topological polar surface area (TPSA) is 43.0 Å². The number of aromatic nitrogens is 2. The van der Waals surface area contributed by atoms with E-state index in [1.54, 1.807) is 0 Å². The largest absolute Gasteiger partial charge is 0.440 e. The van der Waals surface area contributed by atoms with Gasteiger partial charge in [0.15, 0.2) is 11.5 Å². The summed E-state index contributed by atoms with van der Waals surface area (Å²) in [5.41, 5.74) is 4.21. The molecule has 4 nitrogen and oxygen atoms in total. The lowest BCUT2D eigenvalue weighted by atomic mass is 10.3. The summed E-state index contributed by atoms with van der Waals surface area (Å²) in [6, 6.07) is 10.4. The lowest BCUT2D eigenvalue weighted by molar-refractivity contribution is 0.533. The van der Waals surface area contributed by atoms with Crippen molar-refractivity contribution in [3.05, 3.63) is 48.1 Å². The third-order valence-corrected chi connectivity index (χ3v) is 4.07. The Kier molecular flexibility index (Phi) is 2.95. The van der Waals surface area contributed by atoms with Gasteiger partial charge in [-0.2, -0.15) is 0 Å². The Hall–Kier alpha value is -2.23. The Labute approximate surface area is 123 Å². The van der Waals surface area contributed by atoms with Crippen molar-refractivity contribution >= 4 is 16.8 Å². The molecule has 1 saturated carbocycles. The average Bonchev–Trinajstić information content (AvgIpc) is 3.11. The van der Waals surface area contributed by atoms with Crippen molar-refractivity contribution in [3.8, 4) is 0 Å². The second kappa shape index (κ2) is 4.95. The van der Waals surface area contributed by atoms with Gasteiger partial charge < -0.3 is 14.3 Å². The number of fused-ring (bicyclic) bond motifs is 1. The molecule has 0 bridgehead atoms. The van der Waals surface area contributed by atoms with E-state index in [9.17, 15) is 0 Å². The van der Waals surface area contributed by atoms with E-state index in [2.05, 4.69) is 52.3 Å². The van der Waals surface area contributed by atoms with Gasteiger partial charge >= 0.3 is 0 Å². The number of benzene rings is 1. The molecule has 0 spiro atoms. The Balaban J connectivity index is 1.53. The lowest BCUT2D eigenvalue weighted by Gasteiger charge is -2.09. The maximum atomic E-state index is 5.79. The summed E-state index contributed by atoms with van der Waals surface area (Å²) >= 11 is 0. The molecule has 4 rings (SSSR count). The fourth-order valence-electron chi connectivity index (χ4n) is 2.67. The minimum atomic E-state index is 0.557. The molecule has 1 aliphatic carbocycles. The molecule has 1 aliphatic rings. The normalized spacial score (nSPS) is 14.7. The van der Waals surface area contributed by atoms with Crippen LogP contribution in [0.15, 0.2) is 40.9 Å². The second-order valence-corrected chi connectivity index (χ2v) is 5.65.